The van der Waals surface area contributed by atoms with Crippen LogP contribution in [0.25, 0.3) is 17.7 Å². The molecule has 0 spiro atoms. The van der Waals surface area contributed by atoms with Gasteiger partial charge in [-0.3, -0.25) is 0 Å². The van der Waals surface area contributed by atoms with Gasteiger partial charge in [0.1, 0.15) is 17.7 Å². The van der Waals surface area contributed by atoms with E-state index in [-0.39, 0.29) is 5.57 Å². The minimum absolute atomic E-state index is 0.127. The number of thiophene rings is 1. The molecule has 0 unspecified atom stereocenters. The molecule has 0 bridgehead atoms. The fourth-order valence-electron chi connectivity index (χ4n) is 1.75. The van der Waals surface area contributed by atoms with Gasteiger partial charge in [0.15, 0.2) is 0 Å². The lowest BCUT2D eigenvalue weighted by Crippen LogP contribution is -1.76. The van der Waals surface area contributed by atoms with Crippen LogP contribution >= 0.6 is 11.3 Å². The largest absolute Gasteiger partial charge is 0.192 e. The highest BCUT2D eigenvalue weighted by atomic mass is 32.1. The summed E-state index contributed by atoms with van der Waals surface area (Å²) in [7, 11) is 0. The number of benzene rings is 1. The normalized spacial score (nSPS) is 10.4. The summed E-state index contributed by atoms with van der Waals surface area (Å²) in [5.41, 5.74) is 2.50. The van der Waals surface area contributed by atoms with E-state index in [1.54, 1.807) is 17.4 Å². The molecule has 0 amide bonds. The molecule has 96 valence electrons. The molecule has 0 aliphatic heterocycles. The monoisotopic (exact) mass is 276 g/mol. The maximum atomic E-state index is 8.74. The third-order valence-corrected chi connectivity index (χ3v) is 3.74. The van der Waals surface area contributed by atoms with E-state index in [2.05, 4.69) is 25.1 Å². The van der Waals surface area contributed by atoms with Gasteiger partial charge in [-0.05, 0) is 42.3 Å². The quantitative estimate of drug-likeness (QED) is 0.760. The third-order valence-electron chi connectivity index (χ3n) is 2.76. The van der Waals surface area contributed by atoms with Gasteiger partial charge in [0, 0.05) is 9.75 Å². The highest BCUT2D eigenvalue weighted by Crippen LogP contribution is 2.24. The summed E-state index contributed by atoms with van der Waals surface area (Å²) >= 11 is 1.56. The predicted molar refractivity (Wildman–Crippen MR) is 83.5 cm³/mol. The van der Waals surface area contributed by atoms with Crippen LogP contribution < -0.4 is 0 Å². The fourth-order valence-corrected chi connectivity index (χ4v) is 2.71. The Bertz CT molecular complexity index is 721. The van der Waals surface area contributed by atoms with E-state index >= 15 is 0 Å². The highest BCUT2D eigenvalue weighted by Gasteiger charge is 2.00. The Labute approximate surface area is 122 Å². The average Bonchev–Trinajstić information content (AvgIpc) is 2.92. The number of rotatable bonds is 3. The standard InChI is InChI=1S/C17H12N2S/c1-13(15-5-3-2-4-6-15)9-16-7-8-17(20-16)10-14(11-18)12-19/h2-10H,1H3. The van der Waals surface area contributed by atoms with Gasteiger partial charge in [-0.1, -0.05) is 30.3 Å². The molecule has 1 aromatic carbocycles. The first-order chi connectivity index (χ1) is 9.72. The summed E-state index contributed by atoms with van der Waals surface area (Å²) in [6.45, 7) is 2.07. The van der Waals surface area contributed by atoms with Crippen LogP contribution in [-0.2, 0) is 0 Å². The lowest BCUT2D eigenvalue weighted by Gasteiger charge is -1.99. The Morgan fingerprint density at radius 3 is 2.15 bits per heavy atom. The second-order valence-corrected chi connectivity index (χ2v) is 5.36. The molecule has 0 atom stereocenters. The summed E-state index contributed by atoms with van der Waals surface area (Å²) in [5, 5.41) is 17.5. The number of allylic oxidation sites excluding steroid dienone is 2. The van der Waals surface area contributed by atoms with Crippen molar-refractivity contribution in [3.63, 3.8) is 0 Å². The number of nitrogens with zero attached hydrogens (tertiary/aromatic N) is 2. The Balaban J connectivity index is 2.25. The molecule has 0 N–H and O–H groups in total. The van der Waals surface area contributed by atoms with Crippen LogP contribution in [-0.4, -0.2) is 0 Å². The molecule has 1 aromatic heterocycles. The van der Waals surface area contributed by atoms with Crippen LogP contribution in [0.1, 0.15) is 22.2 Å². The van der Waals surface area contributed by atoms with Crippen LogP contribution in [0.5, 0.6) is 0 Å². The molecule has 0 fully saturated rings. The Morgan fingerprint density at radius 2 is 1.55 bits per heavy atom. The van der Waals surface area contributed by atoms with Crippen LogP contribution in [0.3, 0.4) is 0 Å². The first-order valence-electron chi connectivity index (χ1n) is 6.08. The van der Waals surface area contributed by atoms with Gasteiger partial charge >= 0.3 is 0 Å². The van der Waals surface area contributed by atoms with Gasteiger partial charge in [0.05, 0.1) is 0 Å². The summed E-state index contributed by atoms with van der Waals surface area (Å²) in [4.78, 5) is 2.02. The molecule has 0 aliphatic rings. The van der Waals surface area contributed by atoms with Crippen LogP contribution in [0.15, 0.2) is 48.0 Å². The zero-order valence-electron chi connectivity index (χ0n) is 11.0. The minimum Gasteiger partial charge on any atom is -0.192 e. The molecule has 2 nitrogen and oxygen atoms in total. The predicted octanol–water partition coefficient (Wildman–Crippen LogP) is 4.74. The second kappa shape index (κ2) is 6.52. The summed E-state index contributed by atoms with van der Waals surface area (Å²) in [5.74, 6) is 0. The molecule has 0 radical (unpaired) electrons. The Kier molecular flexibility index (Phi) is 4.50. The summed E-state index contributed by atoms with van der Waals surface area (Å²) < 4.78 is 0. The summed E-state index contributed by atoms with van der Waals surface area (Å²) in [6, 6.07) is 17.8. The molecule has 0 saturated heterocycles. The fraction of sp³-hybridized carbons (Fsp3) is 0.0588. The van der Waals surface area contributed by atoms with Crippen molar-refractivity contribution in [1.82, 2.24) is 0 Å². The Hall–Kier alpha value is -2.62. The highest BCUT2D eigenvalue weighted by molar-refractivity contribution is 7.13. The van der Waals surface area contributed by atoms with Gasteiger partial charge in [0.2, 0.25) is 0 Å². The second-order valence-electron chi connectivity index (χ2n) is 4.22. The molecule has 3 heteroatoms. The maximum absolute atomic E-state index is 8.74. The van der Waals surface area contributed by atoms with Gasteiger partial charge in [-0.25, -0.2) is 0 Å². The molecule has 20 heavy (non-hydrogen) atoms. The summed E-state index contributed by atoms with van der Waals surface area (Å²) in [6.07, 6.45) is 3.72. The smallest absolute Gasteiger partial charge is 0.131 e. The average molecular weight is 276 g/mol. The molecular formula is C17H12N2S. The number of hydrogen-bond donors (Lipinski definition) is 0. The lowest BCUT2D eigenvalue weighted by atomic mass is 10.1. The van der Waals surface area contributed by atoms with E-state index in [1.807, 2.05) is 42.5 Å². The van der Waals surface area contributed by atoms with Crippen molar-refractivity contribution in [2.45, 2.75) is 6.92 Å². The van der Waals surface area contributed by atoms with Gasteiger partial charge < -0.3 is 0 Å². The van der Waals surface area contributed by atoms with E-state index in [0.717, 1.165) is 9.75 Å². The number of nitriles is 2. The molecule has 0 saturated carbocycles. The van der Waals surface area contributed by atoms with Crippen molar-refractivity contribution in [3.8, 4) is 12.1 Å². The van der Waals surface area contributed by atoms with Crippen molar-refractivity contribution < 1.29 is 0 Å². The Morgan fingerprint density at radius 1 is 0.950 bits per heavy atom. The number of hydrogen-bond acceptors (Lipinski definition) is 3. The topological polar surface area (TPSA) is 47.6 Å². The van der Waals surface area contributed by atoms with E-state index in [0.29, 0.717) is 0 Å². The molecule has 0 aliphatic carbocycles. The van der Waals surface area contributed by atoms with Crippen molar-refractivity contribution in [1.29, 1.82) is 10.5 Å². The van der Waals surface area contributed by atoms with Crippen molar-refractivity contribution >= 4 is 29.1 Å². The molecule has 1 heterocycles. The molecule has 2 rings (SSSR count). The van der Waals surface area contributed by atoms with E-state index < -0.39 is 0 Å². The van der Waals surface area contributed by atoms with Gasteiger partial charge in [-0.2, -0.15) is 10.5 Å². The van der Waals surface area contributed by atoms with E-state index in [9.17, 15) is 0 Å². The van der Waals surface area contributed by atoms with Gasteiger partial charge in [-0.15, -0.1) is 11.3 Å². The molecule has 2 aromatic rings. The van der Waals surface area contributed by atoms with E-state index in [4.69, 9.17) is 10.5 Å². The van der Waals surface area contributed by atoms with Crippen LogP contribution in [0.4, 0.5) is 0 Å². The zero-order chi connectivity index (χ0) is 14.4. The SMILES string of the molecule is CC(=Cc1ccc(C=C(C#N)C#N)s1)c1ccccc1. The van der Waals surface area contributed by atoms with Crippen molar-refractivity contribution in [2.75, 3.05) is 0 Å². The van der Waals surface area contributed by atoms with Crippen molar-refractivity contribution in [3.05, 3.63) is 63.4 Å². The minimum atomic E-state index is 0.127. The first kappa shape index (κ1) is 13.8. The van der Waals surface area contributed by atoms with Crippen LogP contribution in [0.2, 0.25) is 0 Å². The molecular weight excluding hydrogens is 264 g/mol. The van der Waals surface area contributed by atoms with Crippen LogP contribution in [0, 0.1) is 22.7 Å². The lowest BCUT2D eigenvalue weighted by molar-refractivity contribution is 1.47. The first-order valence-corrected chi connectivity index (χ1v) is 6.90. The zero-order valence-corrected chi connectivity index (χ0v) is 11.8. The maximum Gasteiger partial charge on any atom is 0.131 e. The van der Waals surface area contributed by atoms with Gasteiger partial charge in [0.25, 0.3) is 0 Å². The van der Waals surface area contributed by atoms with Crippen molar-refractivity contribution in [2.24, 2.45) is 0 Å². The third kappa shape index (κ3) is 3.45. The van der Waals surface area contributed by atoms with E-state index in [1.165, 1.54) is 11.1 Å².